The molecule has 0 fully saturated rings. The van der Waals surface area contributed by atoms with Crippen LogP contribution in [0.4, 0.5) is 0 Å². The van der Waals surface area contributed by atoms with Crippen molar-refractivity contribution in [2.24, 2.45) is 17.6 Å². The molecule has 60 heavy (non-hydrogen) atoms. The molecule has 0 radical (unpaired) electrons. The Labute approximate surface area is 348 Å². The lowest BCUT2D eigenvalue weighted by molar-refractivity contribution is -0.142. The fourth-order valence-electron chi connectivity index (χ4n) is 5.92. The van der Waals surface area contributed by atoms with Gasteiger partial charge in [-0.2, -0.15) is 0 Å². The molecule has 0 bridgehead atoms. The van der Waals surface area contributed by atoms with E-state index in [1.54, 1.807) is 74.5 Å². The second-order valence-corrected chi connectivity index (χ2v) is 15.0. The van der Waals surface area contributed by atoms with Crippen molar-refractivity contribution < 1.29 is 53.4 Å². The number of rotatable bonds is 26. The molecule has 2 aromatic carbocycles. The first-order chi connectivity index (χ1) is 28.4. The minimum absolute atomic E-state index is 0.0245. The molecule has 0 aliphatic rings. The van der Waals surface area contributed by atoms with Crippen LogP contribution in [0, 0.1) is 11.8 Å². The van der Waals surface area contributed by atoms with Crippen LogP contribution in [0.2, 0.25) is 0 Å². The molecule has 0 saturated heterocycles. The summed E-state index contributed by atoms with van der Waals surface area (Å²) in [5.41, 5.74) is 6.64. The van der Waals surface area contributed by atoms with Gasteiger partial charge in [-0.15, -0.1) is 0 Å². The van der Waals surface area contributed by atoms with Crippen molar-refractivity contribution in [3.05, 3.63) is 71.8 Å². The minimum atomic E-state index is -1.29. The number of hydrogen-bond acceptors (Lipinski definition) is 10. The molecule has 328 valence electrons. The van der Waals surface area contributed by atoms with Crippen LogP contribution in [-0.4, -0.2) is 113 Å². The molecular weight excluding hydrogens is 780 g/mol. The molecule has 5 atom stereocenters. The third kappa shape index (κ3) is 19.4. The number of nitrogens with two attached hydrogens (primary N) is 1. The zero-order chi connectivity index (χ0) is 44.8. The summed E-state index contributed by atoms with van der Waals surface area (Å²) in [4.78, 5) is 114. The Morgan fingerprint density at radius 3 is 1.32 bits per heavy atom. The Balaban J connectivity index is 2.18. The first kappa shape index (κ1) is 49.8. The molecule has 19 nitrogen and oxygen atoms in total. The van der Waals surface area contributed by atoms with Crippen LogP contribution in [-0.2, 0) is 56.0 Å². The number of nitrogens with one attached hydrogen (secondary N) is 7. The summed E-state index contributed by atoms with van der Waals surface area (Å²) in [6.45, 7) is 5.53. The molecule has 19 heteroatoms. The van der Waals surface area contributed by atoms with E-state index in [1.807, 2.05) is 13.8 Å². The SMILES string of the molecule is CC(C)CC(NC(=O)C(Cc1ccccc1)NC(=O)CNC(=O)C(CC(C)C)NC(=O)C(Cc1ccccc1)NC(=O)CNC(=O)C(CCC(=O)O)NC(=O)CN)C(=O)O. The molecular formula is C41H58N8O11. The van der Waals surface area contributed by atoms with Gasteiger partial charge in [0, 0.05) is 19.3 Å². The summed E-state index contributed by atoms with van der Waals surface area (Å²) in [5, 5.41) is 36.1. The normalized spacial score (nSPS) is 13.4. The maximum absolute atomic E-state index is 13.8. The Hall–Kier alpha value is -6.37. The summed E-state index contributed by atoms with van der Waals surface area (Å²) in [7, 11) is 0. The highest BCUT2D eigenvalue weighted by molar-refractivity contribution is 5.96. The molecule has 0 saturated carbocycles. The first-order valence-electron chi connectivity index (χ1n) is 19.6. The van der Waals surface area contributed by atoms with Gasteiger partial charge in [-0.3, -0.25) is 38.4 Å². The van der Waals surface area contributed by atoms with Gasteiger partial charge in [0.05, 0.1) is 19.6 Å². The van der Waals surface area contributed by atoms with E-state index < -0.39 is 110 Å². The van der Waals surface area contributed by atoms with E-state index in [0.717, 1.165) is 0 Å². The second-order valence-electron chi connectivity index (χ2n) is 15.0. The van der Waals surface area contributed by atoms with Crippen LogP contribution in [0.25, 0.3) is 0 Å². The summed E-state index contributed by atoms with van der Waals surface area (Å²) in [6, 6.07) is 11.3. The van der Waals surface area contributed by atoms with Crippen molar-refractivity contribution in [1.82, 2.24) is 37.2 Å². The number of amides is 7. The highest BCUT2D eigenvalue weighted by Gasteiger charge is 2.30. The maximum atomic E-state index is 13.8. The van der Waals surface area contributed by atoms with Crippen molar-refractivity contribution >= 4 is 53.3 Å². The summed E-state index contributed by atoms with van der Waals surface area (Å²) in [5.74, 6) is -7.96. The third-order valence-corrected chi connectivity index (χ3v) is 8.86. The van der Waals surface area contributed by atoms with Gasteiger partial charge in [-0.25, -0.2) is 4.79 Å². The van der Waals surface area contributed by atoms with E-state index in [2.05, 4.69) is 37.2 Å². The molecule has 2 aromatic rings. The number of carboxylic acid groups (broad SMARTS) is 2. The van der Waals surface area contributed by atoms with Crippen molar-refractivity contribution in [1.29, 1.82) is 0 Å². The number of carbonyl (C=O) groups excluding carboxylic acids is 7. The van der Waals surface area contributed by atoms with E-state index in [4.69, 9.17) is 10.8 Å². The molecule has 0 aromatic heterocycles. The Morgan fingerprint density at radius 2 is 0.917 bits per heavy atom. The molecule has 0 aliphatic heterocycles. The van der Waals surface area contributed by atoms with Gasteiger partial charge < -0.3 is 53.2 Å². The Bertz CT molecular complexity index is 1780. The number of carbonyl (C=O) groups is 9. The Morgan fingerprint density at radius 1 is 0.517 bits per heavy atom. The number of hydrogen-bond donors (Lipinski definition) is 10. The molecule has 7 amide bonds. The van der Waals surface area contributed by atoms with Crippen LogP contribution in [0.1, 0.15) is 64.5 Å². The average Bonchev–Trinajstić information content (AvgIpc) is 3.19. The highest BCUT2D eigenvalue weighted by Crippen LogP contribution is 2.10. The Kier molecular flexibility index (Phi) is 21.5. The molecule has 0 heterocycles. The zero-order valence-corrected chi connectivity index (χ0v) is 34.3. The summed E-state index contributed by atoms with van der Waals surface area (Å²) >= 11 is 0. The van der Waals surface area contributed by atoms with Gasteiger partial charge in [0.1, 0.15) is 30.2 Å². The second kappa shape index (κ2) is 25.9. The van der Waals surface area contributed by atoms with Crippen LogP contribution < -0.4 is 43.0 Å². The van der Waals surface area contributed by atoms with Gasteiger partial charge in [-0.05, 0) is 42.2 Å². The van der Waals surface area contributed by atoms with Gasteiger partial charge in [0.2, 0.25) is 41.4 Å². The molecule has 11 N–H and O–H groups in total. The predicted octanol–water partition coefficient (Wildman–Crippen LogP) is -0.871. The van der Waals surface area contributed by atoms with Crippen molar-refractivity contribution in [3.8, 4) is 0 Å². The van der Waals surface area contributed by atoms with E-state index in [-0.39, 0.29) is 43.9 Å². The van der Waals surface area contributed by atoms with E-state index in [9.17, 15) is 48.3 Å². The summed E-state index contributed by atoms with van der Waals surface area (Å²) < 4.78 is 0. The fraction of sp³-hybridized carbons (Fsp3) is 0.488. The van der Waals surface area contributed by atoms with Crippen molar-refractivity contribution in [3.63, 3.8) is 0 Å². The van der Waals surface area contributed by atoms with Gasteiger partial charge in [0.15, 0.2) is 0 Å². The minimum Gasteiger partial charge on any atom is -0.481 e. The number of carboxylic acids is 2. The highest BCUT2D eigenvalue weighted by atomic mass is 16.4. The molecule has 2 rings (SSSR count). The molecule has 0 aliphatic carbocycles. The van der Waals surface area contributed by atoms with Crippen molar-refractivity contribution in [2.75, 3.05) is 19.6 Å². The molecule has 5 unspecified atom stereocenters. The lowest BCUT2D eigenvalue weighted by Gasteiger charge is -2.25. The monoisotopic (exact) mass is 838 g/mol. The maximum Gasteiger partial charge on any atom is 0.326 e. The third-order valence-electron chi connectivity index (χ3n) is 8.86. The van der Waals surface area contributed by atoms with Crippen LogP contribution >= 0.6 is 0 Å². The quantitative estimate of drug-likeness (QED) is 0.0553. The van der Waals surface area contributed by atoms with Gasteiger partial charge >= 0.3 is 11.9 Å². The van der Waals surface area contributed by atoms with Gasteiger partial charge in [-0.1, -0.05) is 88.4 Å². The van der Waals surface area contributed by atoms with E-state index in [1.165, 1.54) is 0 Å². The largest absolute Gasteiger partial charge is 0.481 e. The standard InChI is InChI=1S/C41H58N8O11/c1-24(2)17-29(38(56)44-23-35(52)47-31(20-27-13-9-6-10-14-27)40(58)49-32(41(59)60)18-25(3)4)48-39(57)30(19-26-11-7-5-8-12-26)46-34(51)22-43-37(55)28(15-16-36(53)54)45-33(50)21-42/h5-14,24-25,28-32H,15-23,42H2,1-4H3,(H,43,55)(H,44,56)(H,45,50)(H,46,51)(H,47,52)(H,48,57)(H,49,58)(H,53,54)(H,59,60). The number of benzene rings is 2. The van der Waals surface area contributed by atoms with Crippen LogP contribution in [0.15, 0.2) is 60.7 Å². The average molecular weight is 839 g/mol. The van der Waals surface area contributed by atoms with Crippen LogP contribution in [0.3, 0.4) is 0 Å². The fourth-order valence-corrected chi connectivity index (χ4v) is 5.92. The zero-order valence-electron chi connectivity index (χ0n) is 34.3. The molecule has 0 spiro atoms. The van der Waals surface area contributed by atoms with Crippen LogP contribution in [0.5, 0.6) is 0 Å². The van der Waals surface area contributed by atoms with Gasteiger partial charge in [0.25, 0.3) is 0 Å². The smallest absolute Gasteiger partial charge is 0.326 e. The topological polar surface area (TPSA) is 304 Å². The predicted molar refractivity (Wildman–Crippen MR) is 218 cm³/mol. The van der Waals surface area contributed by atoms with Crippen molar-refractivity contribution in [2.45, 2.75) is 96.4 Å². The van der Waals surface area contributed by atoms with E-state index >= 15 is 0 Å². The summed E-state index contributed by atoms with van der Waals surface area (Å²) in [6.07, 6.45) is -0.442. The lowest BCUT2D eigenvalue weighted by atomic mass is 10.0. The first-order valence-corrected chi connectivity index (χ1v) is 19.6. The van der Waals surface area contributed by atoms with E-state index in [0.29, 0.717) is 11.1 Å². The lowest BCUT2D eigenvalue weighted by Crippen LogP contribution is -2.57. The number of aliphatic carboxylic acids is 2.